The summed E-state index contributed by atoms with van der Waals surface area (Å²) in [7, 11) is 0. The number of hydrogen-bond donors (Lipinski definition) is 1. The second-order valence-electron chi connectivity index (χ2n) is 17.8. The van der Waals surface area contributed by atoms with Gasteiger partial charge in [-0.1, -0.05) is 17.7 Å². The molecule has 14 heteroatoms. The zero-order valence-corrected chi connectivity index (χ0v) is 34.2. The minimum absolute atomic E-state index is 0.000895. The van der Waals surface area contributed by atoms with E-state index < -0.39 is 23.8 Å². The lowest BCUT2D eigenvalue weighted by molar-refractivity contribution is -0.136. The van der Waals surface area contributed by atoms with E-state index in [-0.39, 0.29) is 48.3 Å². The fourth-order valence-electron chi connectivity index (χ4n) is 11.3. The largest absolute Gasteiger partial charge is 0.490 e. The Kier molecular flexibility index (Phi) is 9.83. The van der Waals surface area contributed by atoms with E-state index >= 15 is 0 Å². The summed E-state index contributed by atoms with van der Waals surface area (Å²) in [5.74, 6) is -1.15. The highest BCUT2D eigenvalue weighted by molar-refractivity contribution is 6.31. The summed E-state index contributed by atoms with van der Waals surface area (Å²) in [6.45, 7) is 5.48. The third-order valence-electron chi connectivity index (χ3n) is 14.5. The first kappa shape index (κ1) is 38.7. The van der Waals surface area contributed by atoms with E-state index in [2.05, 4.69) is 43.1 Å². The lowest BCUT2D eigenvalue weighted by Crippen LogP contribution is -2.59. The van der Waals surface area contributed by atoms with E-state index in [0.717, 1.165) is 99.6 Å². The van der Waals surface area contributed by atoms with Gasteiger partial charge in [-0.2, -0.15) is 5.26 Å². The highest BCUT2D eigenvalue weighted by Gasteiger charge is 2.50. The molecule has 10 rings (SSSR count). The summed E-state index contributed by atoms with van der Waals surface area (Å²) in [5.41, 5.74) is 4.04. The van der Waals surface area contributed by atoms with Gasteiger partial charge in [0.25, 0.3) is 17.7 Å². The van der Waals surface area contributed by atoms with Crippen LogP contribution in [-0.4, -0.2) is 114 Å². The molecule has 6 aliphatic heterocycles. The fourth-order valence-corrected chi connectivity index (χ4v) is 11.5. The molecule has 0 radical (unpaired) electrons. The van der Waals surface area contributed by atoms with Crippen LogP contribution in [0, 0.1) is 16.7 Å². The minimum Gasteiger partial charge on any atom is -0.490 e. The van der Waals surface area contributed by atoms with Crippen molar-refractivity contribution in [2.24, 2.45) is 5.41 Å². The van der Waals surface area contributed by atoms with Crippen LogP contribution < -0.4 is 19.9 Å². The maximum atomic E-state index is 13.8. The number of ether oxygens (including phenoxy) is 1. The number of carbonyl (C=O) groups excluding carboxylic acids is 5. The van der Waals surface area contributed by atoms with Gasteiger partial charge in [-0.15, -0.1) is 0 Å². The van der Waals surface area contributed by atoms with Crippen molar-refractivity contribution in [1.82, 2.24) is 20.0 Å². The van der Waals surface area contributed by atoms with E-state index in [1.54, 1.807) is 24.3 Å². The van der Waals surface area contributed by atoms with E-state index in [1.807, 2.05) is 24.3 Å². The van der Waals surface area contributed by atoms with Gasteiger partial charge in [0.2, 0.25) is 11.8 Å². The van der Waals surface area contributed by atoms with Crippen molar-refractivity contribution in [2.45, 2.75) is 94.5 Å². The number of nitriles is 1. The van der Waals surface area contributed by atoms with Crippen LogP contribution in [0.1, 0.15) is 101 Å². The van der Waals surface area contributed by atoms with Crippen LogP contribution in [-0.2, 0) is 9.59 Å². The number of anilines is 2. The number of carbonyl (C=O) groups is 5. The monoisotopic (exact) mass is 829 g/mol. The van der Waals surface area contributed by atoms with Crippen molar-refractivity contribution in [3.8, 4) is 11.8 Å². The van der Waals surface area contributed by atoms with Crippen LogP contribution in [0.25, 0.3) is 0 Å². The molecule has 7 aliphatic rings. The third kappa shape index (κ3) is 6.78. The number of rotatable bonds is 7. The molecule has 3 aromatic rings. The molecule has 310 valence electrons. The number of benzene rings is 3. The summed E-state index contributed by atoms with van der Waals surface area (Å²) in [4.78, 5) is 75.7. The van der Waals surface area contributed by atoms with Gasteiger partial charge >= 0.3 is 0 Å². The summed E-state index contributed by atoms with van der Waals surface area (Å²) < 4.78 is 6.28. The Labute approximate surface area is 354 Å². The van der Waals surface area contributed by atoms with Crippen LogP contribution >= 0.6 is 11.6 Å². The molecule has 5 amide bonds. The molecule has 3 atom stereocenters. The number of fused-ring (bicyclic) bond motifs is 3. The molecule has 6 heterocycles. The maximum absolute atomic E-state index is 13.8. The average Bonchev–Trinajstić information content (AvgIpc) is 3.67. The van der Waals surface area contributed by atoms with Crippen LogP contribution in [0.15, 0.2) is 60.7 Å². The van der Waals surface area contributed by atoms with Crippen molar-refractivity contribution < 1.29 is 28.7 Å². The van der Waals surface area contributed by atoms with Crippen molar-refractivity contribution in [3.05, 3.63) is 87.9 Å². The Hall–Kier alpha value is -5.45. The van der Waals surface area contributed by atoms with Gasteiger partial charge in [0.1, 0.15) is 24.0 Å². The molecule has 1 saturated carbocycles. The molecule has 13 nitrogen and oxygen atoms in total. The predicted octanol–water partition coefficient (Wildman–Crippen LogP) is 5.40. The van der Waals surface area contributed by atoms with Crippen molar-refractivity contribution in [1.29, 1.82) is 5.26 Å². The molecular formula is C46H48ClN7O6. The first-order chi connectivity index (χ1) is 29.1. The summed E-state index contributed by atoms with van der Waals surface area (Å²) in [6.07, 6.45) is 8.13. The number of hydrogen-bond acceptors (Lipinski definition) is 10. The van der Waals surface area contributed by atoms with E-state index in [1.165, 1.54) is 12.8 Å². The minimum atomic E-state index is -0.973. The zero-order valence-electron chi connectivity index (χ0n) is 33.5. The molecule has 0 aromatic heterocycles. The molecule has 1 spiro atoms. The molecule has 5 saturated heterocycles. The van der Waals surface area contributed by atoms with Gasteiger partial charge in [-0.05, 0) is 98.9 Å². The SMILES string of the molecule is N#Cc1ccc(OC2CC3CCC(C2)N3C(=O)c2ccc(N3CCN(C4CC5(CCN(c6cccc7c6C(=O)N(C6CCC(=O)NC6=O)C7=O)CC5)C4)CC3)cc2)cc1Cl. The number of nitrogens with one attached hydrogen (secondary N) is 1. The van der Waals surface area contributed by atoms with Crippen molar-refractivity contribution >= 4 is 52.5 Å². The van der Waals surface area contributed by atoms with Gasteiger partial charge in [0.15, 0.2) is 0 Å². The smallest absolute Gasteiger partial charge is 0.264 e. The molecule has 60 heavy (non-hydrogen) atoms. The molecule has 3 aromatic carbocycles. The maximum Gasteiger partial charge on any atom is 0.264 e. The first-order valence-electron chi connectivity index (χ1n) is 21.5. The number of halogens is 1. The van der Waals surface area contributed by atoms with Crippen molar-refractivity contribution in [2.75, 3.05) is 49.1 Å². The van der Waals surface area contributed by atoms with Crippen LogP contribution in [0.3, 0.4) is 0 Å². The van der Waals surface area contributed by atoms with Gasteiger partial charge < -0.3 is 19.4 Å². The number of piperazine rings is 1. The Bertz CT molecular complexity index is 2290. The quantitative estimate of drug-likeness (QED) is 0.308. The van der Waals surface area contributed by atoms with Gasteiger partial charge in [0.05, 0.1) is 27.4 Å². The second kappa shape index (κ2) is 15.2. The number of amides is 5. The molecule has 3 unspecified atom stereocenters. The summed E-state index contributed by atoms with van der Waals surface area (Å²) in [5, 5.41) is 11.9. The second-order valence-corrected chi connectivity index (χ2v) is 18.2. The highest BCUT2D eigenvalue weighted by Crippen LogP contribution is 2.52. The Morgan fingerprint density at radius 3 is 2.20 bits per heavy atom. The summed E-state index contributed by atoms with van der Waals surface area (Å²) in [6, 6.07) is 20.7. The normalized spacial score (nSPS) is 26.5. The standard InChI is InChI=1S/C46H48ClN7O6/c47-37-24-34(11-6-29(37)27-48)60-35-22-31-9-10-32(23-35)53(31)43(57)28-4-7-30(8-5-28)50-18-20-51(21-19-50)33-25-46(26-33)14-16-52(17-15-46)38-3-1-2-36-41(38)45(59)54(44(36)58)39-12-13-40(55)49-42(39)56/h1-8,11,24,31-33,35,39H,9-10,12-23,25-26H2,(H,49,55,56). The summed E-state index contributed by atoms with van der Waals surface area (Å²) >= 11 is 6.23. The van der Waals surface area contributed by atoms with Crippen LogP contribution in [0.4, 0.5) is 11.4 Å². The zero-order chi connectivity index (χ0) is 41.3. The Balaban J connectivity index is 0.694. The lowest BCUT2D eigenvalue weighted by Gasteiger charge is -2.56. The topological polar surface area (TPSA) is 147 Å². The van der Waals surface area contributed by atoms with E-state index in [0.29, 0.717) is 33.5 Å². The van der Waals surface area contributed by atoms with Gasteiger partial charge in [0, 0.05) is 94.0 Å². The highest BCUT2D eigenvalue weighted by atomic mass is 35.5. The van der Waals surface area contributed by atoms with E-state index in [9.17, 15) is 29.2 Å². The van der Waals surface area contributed by atoms with Crippen molar-refractivity contribution in [3.63, 3.8) is 0 Å². The van der Waals surface area contributed by atoms with Gasteiger partial charge in [-0.3, -0.25) is 39.1 Å². The number of piperidine rings is 3. The number of nitrogens with zero attached hydrogens (tertiary/aromatic N) is 6. The molecule has 2 bridgehead atoms. The van der Waals surface area contributed by atoms with E-state index in [4.69, 9.17) is 16.3 Å². The molecule has 1 N–H and O–H groups in total. The van der Waals surface area contributed by atoms with Crippen LogP contribution in [0.2, 0.25) is 5.02 Å². The predicted molar refractivity (Wildman–Crippen MR) is 223 cm³/mol. The van der Waals surface area contributed by atoms with Crippen LogP contribution in [0.5, 0.6) is 5.75 Å². The third-order valence-corrected chi connectivity index (χ3v) is 14.9. The Morgan fingerprint density at radius 2 is 1.53 bits per heavy atom. The average molecular weight is 830 g/mol. The molecule has 6 fully saturated rings. The molecular weight excluding hydrogens is 782 g/mol. The van der Waals surface area contributed by atoms with Gasteiger partial charge in [-0.25, -0.2) is 0 Å². The number of imide groups is 2. The molecule has 1 aliphatic carbocycles. The Morgan fingerprint density at radius 1 is 0.817 bits per heavy atom. The lowest BCUT2D eigenvalue weighted by atomic mass is 9.60. The first-order valence-corrected chi connectivity index (χ1v) is 21.8. The fraction of sp³-hybridized carbons (Fsp3) is 0.478.